The summed E-state index contributed by atoms with van der Waals surface area (Å²) in [5.74, 6) is -1.52. The molecule has 4 N–H and O–H groups in total. The summed E-state index contributed by atoms with van der Waals surface area (Å²) < 4.78 is 12.8. The second kappa shape index (κ2) is 5.85. The van der Waals surface area contributed by atoms with Crippen LogP contribution in [0, 0.1) is 5.82 Å². The molecule has 7 heteroatoms. The van der Waals surface area contributed by atoms with Gasteiger partial charge in [-0.3, -0.25) is 4.79 Å². The van der Waals surface area contributed by atoms with Crippen LogP contribution in [0.15, 0.2) is 23.4 Å². The minimum absolute atomic E-state index is 0.00147. The minimum Gasteiger partial charge on any atom is -0.507 e. The van der Waals surface area contributed by atoms with E-state index in [1.807, 2.05) is 0 Å². The Labute approximate surface area is 103 Å². The molecular formula is C11H14FN3O3. The van der Waals surface area contributed by atoms with Gasteiger partial charge in [0.05, 0.1) is 5.56 Å². The van der Waals surface area contributed by atoms with Crippen molar-refractivity contribution in [1.82, 2.24) is 4.90 Å². The number of benzene rings is 1. The van der Waals surface area contributed by atoms with Crippen molar-refractivity contribution in [3.63, 3.8) is 0 Å². The molecule has 0 aromatic heterocycles. The second-order valence-electron chi connectivity index (χ2n) is 3.73. The van der Waals surface area contributed by atoms with Gasteiger partial charge in [-0.05, 0) is 12.1 Å². The molecule has 1 aromatic carbocycles. The van der Waals surface area contributed by atoms with Gasteiger partial charge in [0.25, 0.3) is 5.91 Å². The number of amidine groups is 1. The highest BCUT2D eigenvalue weighted by Gasteiger charge is 2.16. The summed E-state index contributed by atoms with van der Waals surface area (Å²) in [4.78, 5) is 13.2. The number of oxime groups is 1. The van der Waals surface area contributed by atoms with E-state index >= 15 is 0 Å². The van der Waals surface area contributed by atoms with E-state index in [0.717, 1.165) is 12.1 Å². The molecule has 0 heterocycles. The number of nitrogens with two attached hydrogens (primary N) is 1. The van der Waals surface area contributed by atoms with Gasteiger partial charge in [-0.15, -0.1) is 0 Å². The average Bonchev–Trinajstić information content (AvgIpc) is 2.34. The molecule has 98 valence electrons. The summed E-state index contributed by atoms with van der Waals surface area (Å²) >= 11 is 0. The van der Waals surface area contributed by atoms with Crippen molar-refractivity contribution < 1.29 is 19.5 Å². The summed E-state index contributed by atoms with van der Waals surface area (Å²) in [7, 11) is 1.50. The maximum absolute atomic E-state index is 12.8. The minimum atomic E-state index is -0.622. The van der Waals surface area contributed by atoms with E-state index in [9.17, 15) is 14.3 Å². The quantitative estimate of drug-likeness (QED) is 0.320. The monoisotopic (exact) mass is 255 g/mol. The fraction of sp³-hybridized carbons (Fsp3) is 0.273. The van der Waals surface area contributed by atoms with Crippen molar-refractivity contribution in [2.45, 2.75) is 6.42 Å². The van der Waals surface area contributed by atoms with Gasteiger partial charge in [0.2, 0.25) is 0 Å². The summed E-state index contributed by atoms with van der Waals surface area (Å²) in [6.45, 7) is 0.214. The van der Waals surface area contributed by atoms with E-state index in [-0.39, 0.29) is 24.4 Å². The van der Waals surface area contributed by atoms with Gasteiger partial charge in [0, 0.05) is 26.1 Å². The number of halogens is 1. The number of amides is 1. The first-order valence-corrected chi connectivity index (χ1v) is 5.16. The van der Waals surface area contributed by atoms with Crippen molar-refractivity contribution in [2.24, 2.45) is 10.9 Å². The average molecular weight is 255 g/mol. The maximum atomic E-state index is 12.8. The Bertz CT molecular complexity index is 477. The number of rotatable bonds is 4. The standard InChI is InChI=1S/C11H14FN3O3/c1-15(5-4-10(13)14-18)11(17)8-3-2-7(12)6-9(8)16/h2-3,6,16,18H,4-5H2,1H3,(H2,13,14). The van der Waals surface area contributed by atoms with Crippen molar-refractivity contribution in [1.29, 1.82) is 0 Å². The van der Waals surface area contributed by atoms with Crippen LogP contribution in [0.3, 0.4) is 0 Å². The zero-order chi connectivity index (χ0) is 13.7. The number of aromatic hydroxyl groups is 1. The van der Waals surface area contributed by atoms with Crippen LogP contribution < -0.4 is 5.73 Å². The van der Waals surface area contributed by atoms with Crippen LogP contribution in [0.4, 0.5) is 4.39 Å². The SMILES string of the molecule is CN(CC/C(N)=N/O)C(=O)c1ccc(F)cc1O. The molecule has 0 aliphatic heterocycles. The van der Waals surface area contributed by atoms with Gasteiger partial charge < -0.3 is 20.9 Å². The highest BCUT2D eigenvalue weighted by Crippen LogP contribution is 2.19. The molecule has 0 saturated heterocycles. The molecule has 0 unspecified atom stereocenters. The number of phenols is 1. The molecule has 0 spiro atoms. The summed E-state index contributed by atoms with van der Waals surface area (Å²) in [5.41, 5.74) is 5.27. The Balaban J connectivity index is 2.74. The number of carbonyl (C=O) groups is 1. The lowest BCUT2D eigenvalue weighted by Gasteiger charge is -2.17. The molecule has 0 radical (unpaired) electrons. The number of hydrogen-bond acceptors (Lipinski definition) is 4. The Morgan fingerprint density at radius 1 is 1.56 bits per heavy atom. The van der Waals surface area contributed by atoms with Crippen molar-refractivity contribution in [3.8, 4) is 5.75 Å². The van der Waals surface area contributed by atoms with Crippen LogP contribution in [-0.4, -0.2) is 40.5 Å². The molecule has 0 bridgehead atoms. The zero-order valence-electron chi connectivity index (χ0n) is 9.80. The predicted molar refractivity (Wildman–Crippen MR) is 63.1 cm³/mol. The lowest BCUT2D eigenvalue weighted by molar-refractivity contribution is 0.0795. The Kier molecular flexibility index (Phi) is 4.47. The van der Waals surface area contributed by atoms with E-state index in [1.54, 1.807) is 0 Å². The number of carbonyl (C=O) groups excluding carboxylic acids is 1. The van der Waals surface area contributed by atoms with Gasteiger partial charge in [0.15, 0.2) is 0 Å². The molecular weight excluding hydrogens is 241 g/mol. The first-order valence-electron chi connectivity index (χ1n) is 5.16. The van der Waals surface area contributed by atoms with Gasteiger partial charge in [-0.1, -0.05) is 5.16 Å². The third-order valence-electron chi connectivity index (χ3n) is 2.37. The molecule has 0 aliphatic rings. The third kappa shape index (κ3) is 3.34. The fourth-order valence-electron chi connectivity index (χ4n) is 1.33. The molecule has 0 atom stereocenters. The van der Waals surface area contributed by atoms with E-state index < -0.39 is 17.5 Å². The molecule has 18 heavy (non-hydrogen) atoms. The van der Waals surface area contributed by atoms with Crippen molar-refractivity contribution in [2.75, 3.05) is 13.6 Å². The largest absolute Gasteiger partial charge is 0.507 e. The summed E-state index contributed by atoms with van der Waals surface area (Å²) in [6.07, 6.45) is 0.195. The summed E-state index contributed by atoms with van der Waals surface area (Å²) in [5, 5.41) is 20.6. The Hall–Kier alpha value is -2.31. The number of nitrogens with zero attached hydrogens (tertiary/aromatic N) is 2. The first kappa shape index (κ1) is 13.8. The van der Waals surface area contributed by atoms with E-state index in [4.69, 9.17) is 10.9 Å². The molecule has 0 aliphatic carbocycles. The molecule has 1 aromatic rings. The first-order chi connectivity index (χ1) is 8.45. The van der Waals surface area contributed by atoms with E-state index in [0.29, 0.717) is 0 Å². The zero-order valence-corrected chi connectivity index (χ0v) is 9.80. The lowest BCUT2D eigenvalue weighted by Crippen LogP contribution is -2.30. The van der Waals surface area contributed by atoms with Crippen molar-refractivity contribution in [3.05, 3.63) is 29.6 Å². The fourth-order valence-corrected chi connectivity index (χ4v) is 1.33. The number of phenolic OH excluding ortho intramolecular Hbond substituents is 1. The Morgan fingerprint density at radius 2 is 2.22 bits per heavy atom. The highest BCUT2D eigenvalue weighted by atomic mass is 19.1. The highest BCUT2D eigenvalue weighted by molar-refractivity contribution is 5.96. The van der Waals surface area contributed by atoms with Crippen LogP contribution in [0.25, 0.3) is 0 Å². The van der Waals surface area contributed by atoms with Crippen LogP contribution in [0.5, 0.6) is 5.75 Å². The molecule has 1 rings (SSSR count). The molecule has 1 amide bonds. The lowest BCUT2D eigenvalue weighted by atomic mass is 10.1. The van der Waals surface area contributed by atoms with Crippen LogP contribution in [-0.2, 0) is 0 Å². The molecule has 0 saturated carbocycles. The summed E-state index contributed by atoms with van der Waals surface area (Å²) in [6, 6.07) is 3.15. The Morgan fingerprint density at radius 3 is 2.78 bits per heavy atom. The smallest absolute Gasteiger partial charge is 0.257 e. The maximum Gasteiger partial charge on any atom is 0.257 e. The van der Waals surface area contributed by atoms with Crippen LogP contribution >= 0.6 is 0 Å². The normalized spacial score (nSPS) is 11.3. The van der Waals surface area contributed by atoms with E-state index in [2.05, 4.69) is 5.16 Å². The molecule has 6 nitrogen and oxygen atoms in total. The molecule has 0 fully saturated rings. The predicted octanol–water partition coefficient (Wildman–Crippen LogP) is 0.740. The van der Waals surface area contributed by atoms with Crippen LogP contribution in [0.2, 0.25) is 0 Å². The van der Waals surface area contributed by atoms with Crippen molar-refractivity contribution >= 4 is 11.7 Å². The third-order valence-corrected chi connectivity index (χ3v) is 2.37. The topological polar surface area (TPSA) is 99.1 Å². The van der Waals surface area contributed by atoms with E-state index in [1.165, 1.54) is 18.0 Å². The second-order valence-corrected chi connectivity index (χ2v) is 3.73. The van der Waals surface area contributed by atoms with Gasteiger partial charge in [-0.2, -0.15) is 0 Å². The number of hydrogen-bond donors (Lipinski definition) is 3. The van der Waals surface area contributed by atoms with Gasteiger partial charge in [0.1, 0.15) is 17.4 Å². The van der Waals surface area contributed by atoms with Crippen LogP contribution in [0.1, 0.15) is 16.8 Å². The van der Waals surface area contributed by atoms with Gasteiger partial charge >= 0.3 is 0 Å². The van der Waals surface area contributed by atoms with Gasteiger partial charge in [-0.25, -0.2) is 4.39 Å².